The van der Waals surface area contributed by atoms with E-state index in [0.717, 1.165) is 16.7 Å². The van der Waals surface area contributed by atoms with Crippen LogP contribution < -0.4 is 4.72 Å². The van der Waals surface area contributed by atoms with Gasteiger partial charge in [0.1, 0.15) is 17.5 Å². The molecule has 0 saturated carbocycles. The average molecular weight is 450 g/mol. The molecule has 10 heteroatoms. The summed E-state index contributed by atoms with van der Waals surface area (Å²) in [6.45, 7) is 9.61. The molecule has 1 aromatic heterocycles. The van der Waals surface area contributed by atoms with Crippen molar-refractivity contribution in [3.63, 3.8) is 0 Å². The smallest absolute Gasteiger partial charge is 0.419 e. The number of nitrogens with zero attached hydrogens (tertiary/aromatic N) is 1. The zero-order chi connectivity index (χ0) is 23.1. The second kappa shape index (κ2) is 8.30. The van der Waals surface area contributed by atoms with E-state index in [-0.39, 0.29) is 16.5 Å². The predicted molar refractivity (Wildman–Crippen MR) is 108 cm³/mol. The molecule has 0 aliphatic heterocycles. The lowest BCUT2D eigenvalue weighted by Gasteiger charge is -2.25. The van der Waals surface area contributed by atoms with Gasteiger partial charge in [-0.2, -0.15) is 13.2 Å². The Hall–Kier alpha value is -1.94. The van der Waals surface area contributed by atoms with E-state index < -0.39 is 51.9 Å². The van der Waals surface area contributed by atoms with Gasteiger partial charge in [-0.05, 0) is 71.7 Å². The highest BCUT2D eigenvalue weighted by Crippen LogP contribution is 2.30. The fourth-order valence-electron chi connectivity index (χ4n) is 2.65. The first-order valence-electron chi connectivity index (χ1n) is 9.26. The molecule has 0 aliphatic rings. The molecule has 0 bridgehead atoms. The molecule has 168 valence electrons. The zero-order valence-electron chi connectivity index (χ0n) is 17.7. The van der Waals surface area contributed by atoms with Crippen molar-refractivity contribution in [1.82, 2.24) is 9.29 Å². The third-order valence-corrected chi connectivity index (χ3v) is 5.67. The van der Waals surface area contributed by atoms with E-state index in [1.165, 1.54) is 12.3 Å². The minimum atomic E-state index is -4.71. The first-order chi connectivity index (χ1) is 13.5. The number of aromatic nitrogens is 1. The minimum absolute atomic E-state index is 0.0797. The largest absolute Gasteiger partial charge is 0.443 e. The van der Waals surface area contributed by atoms with Gasteiger partial charge in [0.15, 0.2) is 0 Å². The summed E-state index contributed by atoms with van der Waals surface area (Å²) in [6.07, 6.45) is -4.94. The van der Waals surface area contributed by atoms with Crippen molar-refractivity contribution in [3.05, 3.63) is 35.8 Å². The van der Waals surface area contributed by atoms with E-state index in [9.17, 15) is 26.6 Å². The topological polar surface area (TPSA) is 60.3 Å². The van der Waals surface area contributed by atoms with E-state index in [4.69, 9.17) is 4.74 Å². The van der Waals surface area contributed by atoms with Crippen molar-refractivity contribution in [2.45, 2.75) is 70.5 Å². The summed E-state index contributed by atoms with van der Waals surface area (Å²) in [4.78, 5) is 12.5. The van der Waals surface area contributed by atoms with E-state index >= 15 is 0 Å². The number of hydrogen-bond donors (Lipinski definition) is 1. The Bertz CT molecular complexity index is 956. The third-order valence-electron chi connectivity index (χ3n) is 4.06. The summed E-state index contributed by atoms with van der Waals surface area (Å²) in [5.74, 6) is -0.652. The molecule has 2 aromatic rings. The van der Waals surface area contributed by atoms with E-state index in [1.807, 2.05) is 0 Å². The van der Waals surface area contributed by atoms with Gasteiger partial charge in [-0.3, -0.25) is 4.57 Å². The molecular weight excluding hydrogens is 424 g/mol. The molecule has 2 atom stereocenters. The van der Waals surface area contributed by atoms with Crippen molar-refractivity contribution in [2.24, 2.45) is 0 Å². The Morgan fingerprint density at radius 1 is 1.17 bits per heavy atom. The minimum Gasteiger partial charge on any atom is -0.443 e. The standard InChI is InChI=1S/C20H26F4N2O3S/c1-18(2,3)29-17(27)26-11-12(14-10-13(21)7-8-15(14)26)9-16(20(22,23)24)25-30(28)19(4,5)6/h7-8,10-11,16,25H,9H2,1-6H3/t16-,30?/m1/s1. The van der Waals surface area contributed by atoms with Crippen LogP contribution in [0.15, 0.2) is 24.4 Å². The van der Waals surface area contributed by atoms with Gasteiger partial charge in [0, 0.05) is 11.6 Å². The maximum absolute atomic E-state index is 13.8. The molecule has 1 aromatic carbocycles. The molecule has 30 heavy (non-hydrogen) atoms. The van der Waals surface area contributed by atoms with Gasteiger partial charge in [-0.1, -0.05) is 0 Å². The summed E-state index contributed by atoms with van der Waals surface area (Å²) in [5, 5.41) is 0.151. The van der Waals surface area contributed by atoms with E-state index in [0.29, 0.717) is 0 Å². The SMILES string of the molecule is CC(C)(C)OC(=O)n1cc(C[C@@H](NS(=O)C(C)(C)C)C(F)(F)F)c2cc(F)ccc21. The van der Waals surface area contributed by atoms with Crippen molar-refractivity contribution in [1.29, 1.82) is 0 Å². The van der Waals surface area contributed by atoms with Crippen LogP contribution in [0, 0.1) is 5.82 Å². The summed E-state index contributed by atoms with van der Waals surface area (Å²) in [7, 11) is -1.98. The maximum atomic E-state index is 13.8. The fourth-order valence-corrected chi connectivity index (χ4v) is 3.47. The van der Waals surface area contributed by atoms with Crippen molar-refractivity contribution in [2.75, 3.05) is 0 Å². The van der Waals surface area contributed by atoms with Crippen LogP contribution in [-0.2, 0) is 22.1 Å². The summed E-state index contributed by atoms with van der Waals surface area (Å²) >= 11 is 0. The molecule has 0 fully saturated rings. The summed E-state index contributed by atoms with van der Waals surface area (Å²) < 4.78 is 74.6. The Labute approximate surface area is 175 Å². The maximum Gasteiger partial charge on any atom is 0.419 e. The van der Waals surface area contributed by atoms with Crippen LogP contribution in [0.25, 0.3) is 10.9 Å². The number of fused-ring (bicyclic) bond motifs is 1. The van der Waals surface area contributed by atoms with Crippen LogP contribution in [-0.4, -0.2) is 37.4 Å². The highest BCUT2D eigenvalue weighted by Gasteiger charge is 2.42. The first kappa shape index (κ1) is 24.3. The highest BCUT2D eigenvalue weighted by atomic mass is 32.2. The van der Waals surface area contributed by atoms with Crippen LogP contribution >= 0.6 is 0 Å². The van der Waals surface area contributed by atoms with Crippen LogP contribution in [0.1, 0.15) is 47.1 Å². The normalized spacial score (nSPS) is 15.3. The third kappa shape index (κ3) is 6.04. The molecule has 0 spiro atoms. The number of benzene rings is 1. The van der Waals surface area contributed by atoms with Crippen LogP contribution in [0.2, 0.25) is 0 Å². The van der Waals surface area contributed by atoms with Crippen LogP contribution in [0.4, 0.5) is 22.4 Å². The predicted octanol–water partition coefficient (Wildman–Crippen LogP) is 5.09. The van der Waals surface area contributed by atoms with Crippen LogP contribution in [0.3, 0.4) is 0 Å². The number of hydrogen-bond acceptors (Lipinski definition) is 3. The van der Waals surface area contributed by atoms with Crippen molar-refractivity contribution >= 4 is 28.0 Å². The van der Waals surface area contributed by atoms with E-state index in [1.54, 1.807) is 41.5 Å². The summed E-state index contributed by atoms with van der Waals surface area (Å²) in [6, 6.07) is 1.33. The Morgan fingerprint density at radius 2 is 1.77 bits per heavy atom. The zero-order valence-corrected chi connectivity index (χ0v) is 18.5. The molecule has 1 unspecified atom stereocenters. The lowest BCUT2D eigenvalue weighted by Crippen LogP contribution is -2.48. The number of rotatable bonds is 4. The number of halogens is 4. The number of ether oxygens (including phenoxy) is 1. The fraction of sp³-hybridized carbons (Fsp3) is 0.550. The van der Waals surface area contributed by atoms with E-state index in [2.05, 4.69) is 4.72 Å². The van der Waals surface area contributed by atoms with Gasteiger partial charge in [-0.15, -0.1) is 0 Å². The Balaban J connectivity index is 2.50. The molecule has 2 rings (SSSR count). The summed E-state index contributed by atoms with van der Waals surface area (Å²) in [5.41, 5.74) is -0.525. The Kier molecular flexibility index (Phi) is 6.73. The number of alkyl halides is 3. The molecule has 1 N–H and O–H groups in total. The quantitative estimate of drug-likeness (QED) is 0.661. The van der Waals surface area contributed by atoms with Gasteiger partial charge in [-0.25, -0.2) is 18.1 Å². The first-order valence-corrected chi connectivity index (χ1v) is 10.4. The molecule has 0 aliphatic carbocycles. The van der Waals surface area contributed by atoms with Gasteiger partial charge < -0.3 is 4.74 Å². The molecule has 0 radical (unpaired) electrons. The van der Waals surface area contributed by atoms with Crippen molar-refractivity contribution in [3.8, 4) is 0 Å². The van der Waals surface area contributed by atoms with Gasteiger partial charge in [0.25, 0.3) is 0 Å². The number of carbonyl (C=O) groups excluding carboxylic acids is 1. The number of nitrogens with one attached hydrogen (secondary N) is 1. The molecule has 0 saturated heterocycles. The average Bonchev–Trinajstić information content (AvgIpc) is 2.88. The lowest BCUT2D eigenvalue weighted by atomic mass is 10.1. The van der Waals surface area contributed by atoms with Gasteiger partial charge in [0.05, 0.1) is 21.2 Å². The second-order valence-electron chi connectivity index (χ2n) is 8.96. The monoisotopic (exact) mass is 450 g/mol. The van der Waals surface area contributed by atoms with Crippen molar-refractivity contribution < 1.29 is 31.3 Å². The number of carbonyl (C=O) groups is 1. The lowest BCUT2D eigenvalue weighted by molar-refractivity contribution is -0.150. The Morgan fingerprint density at radius 3 is 2.27 bits per heavy atom. The molecule has 5 nitrogen and oxygen atoms in total. The highest BCUT2D eigenvalue weighted by molar-refractivity contribution is 7.84. The van der Waals surface area contributed by atoms with Gasteiger partial charge in [0.2, 0.25) is 0 Å². The second-order valence-corrected chi connectivity index (χ2v) is 11.0. The molecule has 1 heterocycles. The van der Waals surface area contributed by atoms with Gasteiger partial charge >= 0.3 is 12.3 Å². The van der Waals surface area contributed by atoms with Crippen LogP contribution in [0.5, 0.6) is 0 Å². The molecule has 0 amide bonds. The molecular formula is C20H26F4N2O3S.